The van der Waals surface area contributed by atoms with Gasteiger partial charge in [-0.05, 0) is 79.6 Å². The summed E-state index contributed by atoms with van der Waals surface area (Å²) in [6.07, 6.45) is 4.31. The minimum absolute atomic E-state index is 0.427. The second kappa shape index (κ2) is 6.76. The molecule has 3 heterocycles. The van der Waals surface area contributed by atoms with Crippen LogP contribution in [0.3, 0.4) is 0 Å². The monoisotopic (exact) mass is 348 g/mol. The van der Waals surface area contributed by atoms with E-state index in [-0.39, 0.29) is 0 Å². The van der Waals surface area contributed by atoms with E-state index >= 15 is 0 Å². The number of nitrogens with one attached hydrogen (secondary N) is 2. The molecular weight excluding hydrogens is 320 g/mol. The summed E-state index contributed by atoms with van der Waals surface area (Å²) in [7, 11) is 0. The molecule has 0 unspecified atom stereocenters. The summed E-state index contributed by atoms with van der Waals surface area (Å²) in [5, 5.41) is 4.81. The molecule has 0 radical (unpaired) electrons. The summed E-state index contributed by atoms with van der Waals surface area (Å²) in [4.78, 5) is 7.89. The van der Waals surface area contributed by atoms with Gasteiger partial charge in [-0.15, -0.1) is 0 Å². The Morgan fingerprint density at radius 2 is 1.92 bits per heavy atom. The second-order valence-electron chi connectivity index (χ2n) is 7.82. The molecule has 0 spiro atoms. The molecule has 1 aromatic carbocycles. The Kier molecular flexibility index (Phi) is 4.45. The van der Waals surface area contributed by atoms with Gasteiger partial charge in [0.15, 0.2) is 0 Å². The summed E-state index contributed by atoms with van der Waals surface area (Å²) in [6, 6.07) is 8.96. The van der Waals surface area contributed by atoms with Gasteiger partial charge in [0.05, 0.1) is 5.69 Å². The lowest BCUT2D eigenvalue weighted by molar-refractivity contribution is 0.460. The third-order valence-electron chi connectivity index (χ3n) is 5.64. The molecule has 0 saturated carbocycles. The van der Waals surface area contributed by atoms with Gasteiger partial charge >= 0.3 is 0 Å². The molecule has 136 valence electrons. The average molecular weight is 348 g/mol. The topological polar surface area (TPSA) is 66.7 Å². The fraction of sp³-hybridized carbons (Fsp3) is 0.409. The number of hydrogen-bond acceptors (Lipinski definition) is 3. The van der Waals surface area contributed by atoms with E-state index in [9.17, 15) is 0 Å². The van der Waals surface area contributed by atoms with Crippen molar-refractivity contribution in [2.24, 2.45) is 0 Å². The van der Waals surface area contributed by atoms with Crippen LogP contribution in [-0.4, -0.2) is 23.1 Å². The number of aryl methyl sites for hydroxylation is 1. The number of H-pyrrole nitrogens is 1. The fourth-order valence-corrected chi connectivity index (χ4v) is 4.26. The van der Waals surface area contributed by atoms with E-state index in [1.165, 1.54) is 40.6 Å². The number of aromatic amines is 1. The van der Waals surface area contributed by atoms with Gasteiger partial charge in [-0.1, -0.05) is 19.9 Å². The molecule has 3 aromatic rings. The normalized spacial score (nSPS) is 15.8. The van der Waals surface area contributed by atoms with Crippen LogP contribution < -0.4 is 11.1 Å². The maximum absolute atomic E-state index is 5.98. The van der Waals surface area contributed by atoms with E-state index in [1.807, 2.05) is 12.3 Å². The molecule has 2 aromatic heterocycles. The maximum atomic E-state index is 5.98. The maximum Gasteiger partial charge on any atom is 0.123 e. The number of nitrogen functional groups attached to an aromatic ring is 1. The van der Waals surface area contributed by atoms with Crippen molar-refractivity contribution >= 4 is 16.7 Å². The zero-order valence-corrected chi connectivity index (χ0v) is 15.9. The molecular formula is C22H28N4. The number of piperidine rings is 1. The minimum Gasteiger partial charge on any atom is -0.384 e. The molecule has 0 atom stereocenters. The first-order valence-corrected chi connectivity index (χ1v) is 9.63. The predicted octanol–water partition coefficient (Wildman–Crippen LogP) is 4.71. The number of pyridine rings is 1. The van der Waals surface area contributed by atoms with Crippen LogP contribution in [0.25, 0.3) is 22.2 Å². The van der Waals surface area contributed by atoms with Gasteiger partial charge in [0.2, 0.25) is 0 Å². The Bertz CT molecular complexity index is 933. The summed E-state index contributed by atoms with van der Waals surface area (Å²) in [5.41, 5.74) is 13.5. The first-order valence-electron chi connectivity index (χ1n) is 9.63. The number of fused-ring (bicyclic) bond motifs is 1. The Morgan fingerprint density at radius 3 is 2.65 bits per heavy atom. The van der Waals surface area contributed by atoms with Crippen LogP contribution in [0.2, 0.25) is 0 Å². The van der Waals surface area contributed by atoms with Gasteiger partial charge in [0.25, 0.3) is 0 Å². The van der Waals surface area contributed by atoms with Crippen molar-refractivity contribution in [2.75, 3.05) is 18.8 Å². The van der Waals surface area contributed by atoms with Gasteiger partial charge in [0.1, 0.15) is 5.82 Å². The number of aromatic nitrogens is 2. The largest absolute Gasteiger partial charge is 0.384 e. The first-order chi connectivity index (χ1) is 12.5. The lowest BCUT2D eigenvalue weighted by Crippen LogP contribution is -2.26. The van der Waals surface area contributed by atoms with E-state index in [0.29, 0.717) is 17.7 Å². The summed E-state index contributed by atoms with van der Waals surface area (Å²) in [5.74, 6) is 1.66. The van der Waals surface area contributed by atoms with E-state index < -0.39 is 0 Å². The molecule has 0 bridgehead atoms. The first kappa shape index (κ1) is 17.1. The number of hydrogen-bond donors (Lipinski definition) is 3. The van der Waals surface area contributed by atoms with Crippen LogP contribution in [0, 0.1) is 6.92 Å². The van der Waals surface area contributed by atoms with Gasteiger partial charge < -0.3 is 16.0 Å². The number of benzene rings is 1. The molecule has 0 amide bonds. The van der Waals surface area contributed by atoms with Crippen molar-refractivity contribution in [2.45, 2.75) is 45.4 Å². The van der Waals surface area contributed by atoms with Crippen molar-refractivity contribution in [1.29, 1.82) is 0 Å². The molecule has 4 nitrogen and oxygen atoms in total. The van der Waals surface area contributed by atoms with Gasteiger partial charge in [-0.25, -0.2) is 4.98 Å². The second-order valence-corrected chi connectivity index (χ2v) is 7.82. The predicted molar refractivity (Wildman–Crippen MR) is 110 cm³/mol. The zero-order valence-electron chi connectivity index (χ0n) is 15.9. The van der Waals surface area contributed by atoms with Crippen LogP contribution in [0.5, 0.6) is 0 Å². The summed E-state index contributed by atoms with van der Waals surface area (Å²) < 4.78 is 0. The van der Waals surface area contributed by atoms with Crippen molar-refractivity contribution in [3.8, 4) is 11.3 Å². The van der Waals surface area contributed by atoms with Crippen molar-refractivity contribution < 1.29 is 0 Å². The van der Waals surface area contributed by atoms with Crippen LogP contribution in [0.1, 0.15) is 55.2 Å². The molecule has 1 aliphatic rings. The van der Waals surface area contributed by atoms with Crippen LogP contribution in [0.4, 0.5) is 5.82 Å². The Hall–Kier alpha value is -2.33. The highest BCUT2D eigenvalue weighted by Gasteiger charge is 2.20. The molecule has 26 heavy (non-hydrogen) atoms. The lowest BCUT2D eigenvalue weighted by atomic mass is 9.88. The number of nitrogens with two attached hydrogens (primary N) is 1. The van der Waals surface area contributed by atoms with Gasteiger partial charge in [-0.3, -0.25) is 0 Å². The lowest BCUT2D eigenvalue weighted by Gasteiger charge is -2.23. The molecule has 0 aliphatic carbocycles. The van der Waals surface area contributed by atoms with E-state index in [4.69, 9.17) is 5.73 Å². The molecule has 1 aliphatic heterocycles. The Balaban J connectivity index is 1.88. The Labute approximate surface area is 155 Å². The average Bonchev–Trinajstić information content (AvgIpc) is 3.03. The molecule has 4 N–H and O–H groups in total. The number of nitrogens with zero attached hydrogens (tertiary/aromatic N) is 1. The quantitative estimate of drug-likeness (QED) is 0.642. The van der Waals surface area contributed by atoms with Crippen molar-refractivity contribution in [1.82, 2.24) is 15.3 Å². The standard InChI is InChI=1S/C22H28N4/c1-13(2)21-18-10-16(15-6-8-24-9-7-15)4-5-19(18)26-22(21)17-11-20(23)25-12-14(17)3/h4-5,10-13,15,24,26H,6-9H2,1-3H3,(H2,23,25). The van der Waals surface area contributed by atoms with Gasteiger partial charge in [-0.2, -0.15) is 0 Å². The highest BCUT2D eigenvalue weighted by Crippen LogP contribution is 2.39. The number of anilines is 1. The van der Waals surface area contributed by atoms with Crippen LogP contribution in [0.15, 0.2) is 30.5 Å². The highest BCUT2D eigenvalue weighted by molar-refractivity contribution is 5.92. The highest BCUT2D eigenvalue weighted by atomic mass is 14.9. The third-order valence-corrected chi connectivity index (χ3v) is 5.64. The molecule has 1 saturated heterocycles. The molecule has 1 fully saturated rings. The van der Waals surface area contributed by atoms with E-state index in [0.717, 1.165) is 24.2 Å². The van der Waals surface area contributed by atoms with Crippen LogP contribution in [-0.2, 0) is 0 Å². The fourth-order valence-electron chi connectivity index (χ4n) is 4.26. The summed E-state index contributed by atoms with van der Waals surface area (Å²) in [6.45, 7) is 8.87. The Morgan fingerprint density at radius 1 is 1.15 bits per heavy atom. The smallest absolute Gasteiger partial charge is 0.123 e. The third kappa shape index (κ3) is 2.99. The summed E-state index contributed by atoms with van der Waals surface area (Å²) >= 11 is 0. The zero-order chi connectivity index (χ0) is 18.3. The van der Waals surface area contributed by atoms with E-state index in [1.54, 1.807) is 0 Å². The van der Waals surface area contributed by atoms with E-state index in [2.05, 4.69) is 54.3 Å². The SMILES string of the molecule is Cc1cnc(N)cc1-c1[nH]c2ccc(C3CCNCC3)cc2c1C(C)C. The van der Waals surface area contributed by atoms with Crippen molar-refractivity contribution in [3.63, 3.8) is 0 Å². The van der Waals surface area contributed by atoms with Gasteiger partial charge in [0, 0.05) is 22.7 Å². The minimum atomic E-state index is 0.427. The molecule has 4 heteroatoms. The van der Waals surface area contributed by atoms with Crippen molar-refractivity contribution in [3.05, 3.63) is 47.2 Å². The number of rotatable bonds is 3. The molecule has 4 rings (SSSR count). The van der Waals surface area contributed by atoms with Crippen LogP contribution >= 0.6 is 0 Å².